The molecule has 4 aromatic rings. The molecule has 148 valence electrons. The lowest BCUT2D eigenvalue weighted by Crippen LogP contribution is -1.95. The van der Waals surface area contributed by atoms with E-state index in [4.69, 9.17) is 27.6 Å². The largest absolute Gasteiger partial charge is 0.416 e. The number of aromatic nitrogens is 4. The maximum atomic E-state index is 13.9. The lowest BCUT2D eigenvalue weighted by atomic mass is 10.1. The molecule has 0 amide bonds. The van der Waals surface area contributed by atoms with Gasteiger partial charge in [0.05, 0.1) is 17.8 Å². The molecule has 0 bridgehead atoms. The fraction of sp³-hybridized carbons (Fsp3) is 0.150. The summed E-state index contributed by atoms with van der Waals surface area (Å²) in [5, 5.41) is 13.8. The third-order valence-corrected chi connectivity index (χ3v) is 5.89. The molecule has 5 nitrogen and oxygen atoms in total. The van der Waals surface area contributed by atoms with Crippen LogP contribution in [0.1, 0.15) is 22.7 Å². The molecule has 0 aliphatic heterocycles. The highest BCUT2D eigenvalue weighted by atomic mass is 35.5. The van der Waals surface area contributed by atoms with Gasteiger partial charge in [0.15, 0.2) is 0 Å². The highest BCUT2D eigenvalue weighted by Crippen LogP contribution is 2.30. The van der Waals surface area contributed by atoms with Crippen molar-refractivity contribution < 1.29 is 8.81 Å². The molecular weight excluding hydrogens is 434 g/mol. The minimum Gasteiger partial charge on any atom is -0.416 e. The standard InChI is InChI=1S/C20H15Cl2FN4OS/c1-12-15(19(22)27(26-12)13-6-3-2-4-7-13)11-29-20-25-24-18(28-20)10-14-16(21)8-5-9-17(14)23/h2-9H,10-11H2,1H3. The summed E-state index contributed by atoms with van der Waals surface area (Å²) in [5.41, 5.74) is 2.93. The first-order chi connectivity index (χ1) is 14.0. The van der Waals surface area contributed by atoms with Crippen LogP contribution in [0, 0.1) is 12.7 Å². The van der Waals surface area contributed by atoms with E-state index in [2.05, 4.69) is 15.3 Å². The summed E-state index contributed by atoms with van der Waals surface area (Å²) in [7, 11) is 0. The fourth-order valence-electron chi connectivity index (χ4n) is 2.79. The van der Waals surface area contributed by atoms with Gasteiger partial charge in [0, 0.05) is 21.9 Å². The van der Waals surface area contributed by atoms with Crippen LogP contribution in [0.2, 0.25) is 10.2 Å². The van der Waals surface area contributed by atoms with Crippen LogP contribution in [-0.2, 0) is 12.2 Å². The number of rotatable bonds is 6. The van der Waals surface area contributed by atoms with Crippen molar-refractivity contribution in [2.24, 2.45) is 0 Å². The first-order valence-electron chi connectivity index (χ1n) is 8.70. The Kier molecular flexibility index (Phi) is 5.89. The van der Waals surface area contributed by atoms with Gasteiger partial charge < -0.3 is 4.42 Å². The topological polar surface area (TPSA) is 56.7 Å². The van der Waals surface area contributed by atoms with E-state index in [1.54, 1.807) is 16.8 Å². The Morgan fingerprint density at radius 3 is 2.59 bits per heavy atom. The number of nitrogens with zero attached hydrogens (tertiary/aromatic N) is 4. The first-order valence-corrected chi connectivity index (χ1v) is 10.4. The number of hydrogen-bond acceptors (Lipinski definition) is 5. The van der Waals surface area contributed by atoms with Crippen LogP contribution in [0.5, 0.6) is 0 Å². The van der Waals surface area contributed by atoms with Crippen molar-refractivity contribution in [2.75, 3.05) is 0 Å². The Labute approximate surface area is 180 Å². The number of thioether (sulfide) groups is 1. The molecule has 4 rings (SSSR count). The summed E-state index contributed by atoms with van der Waals surface area (Å²) in [6.45, 7) is 1.90. The molecule has 2 aromatic carbocycles. The SMILES string of the molecule is Cc1nn(-c2ccccc2)c(Cl)c1CSc1nnc(Cc2c(F)cccc2Cl)o1. The van der Waals surface area contributed by atoms with Gasteiger partial charge >= 0.3 is 0 Å². The lowest BCUT2D eigenvalue weighted by molar-refractivity contribution is 0.418. The molecule has 0 N–H and O–H groups in total. The second-order valence-electron chi connectivity index (χ2n) is 6.23. The monoisotopic (exact) mass is 448 g/mol. The maximum absolute atomic E-state index is 13.9. The molecule has 9 heteroatoms. The highest BCUT2D eigenvalue weighted by molar-refractivity contribution is 7.98. The molecule has 29 heavy (non-hydrogen) atoms. The van der Waals surface area contributed by atoms with Gasteiger partial charge in [-0.05, 0) is 31.2 Å². The predicted molar refractivity (Wildman–Crippen MR) is 111 cm³/mol. The molecule has 0 radical (unpaired) electrons. The zero-order valence-electron chi connectivity index (χ0n) is 15.3. The van der Waals surface area contributed by atoms with Crippen molar-refractivity contribution in [2.45, 2.75) is 24.3 Å². The van der Waals surface area contributed by atoms with E-state index < -0.39 is 5.82 Å². The zero-order valence-corrected chi connectivity index (χ0v) is 17.6. The fourth-order valence-corrected chi connectivity index (χ4v) is 4.31. The highest BCUT2D eigenvalue weighted by Gasteiger charge is 2.17. The number of aryl methyl sites for hydroxylation is 1. The molecule has 0 saturated carbocycles. The molecule has 0 fully saturated rings. The van der Waals surface area contributed by atoms with Crippen molar-refractivity contribution in [3.05, 3.63) is 87.2 Å². The van der Waals surface area contributed by atoms with E-state index >= 15 is 0 Å². The van der Waals surface area contributed by atoms with Gasteiger partial charge in [-0.1, -0.05) is 59.2 Å². The Hall–Kier alpha value is -2.35. The molecule has 2 heterocycles. The van der Waals surface area contributed by atoms with Crippen LogP contribution in [0.3, 0.4) is 0 Å². The average molecular weight is 449 g/mol. The van der Waals surface area contributed by atoms with Crippen LogP contribution in [-0.4, -0.2) is 20.0 Å². The van der Waals surface area contributed by atoms with Crippen LogP contribution in [0.4, 0.5) is 4.39 Å². The molecular formula is C20H15Cl2FN4OS. The summed E-state index contributed by atoms with van der Waals surface area (Å²) in [6.07, 6.45) is 0.130. The van der Waals surface area contributed by atoms with E-state index in [0.29, 0.717) is 32.6 Å². The summed E-state index contributed by atoms with van der Waals surface area (Å²) >= 11 is 13.9. The Morgan fingerprint density at radius 1 is 1.03 bits per heavy atom. The van der Waals surface area contributed by atoms with Crippen LogP contribution in [0.15, 0.2) is 58.2 Å². The number of halogens is 3. The van der Waals surface area contributed by atoms with Gasteiger partial charge in [-0.2, -0.15) is 5.10 Å². The molecule has 0 aliphatic rings. The zero-order chi connectivity index (χ0) is 20.4. The van der Waals surface area contributed by atoms with Crippen molar-refractivity contribution in [1.29, 1.82) is 0 Å². The van der Waals surface area contributed by atoms with Crippen molar-refractivity contribution >= 4 is 35.0 Å². The third kappa shape index (κ3) is 4.32. The lowest BCUT2D eigenvalue weighted by Gasteiger charge is -2.03. The number of para-hydroxylation sites is 1. The Balaban J connectivity index is 1.48. The first kappa shape index (κ1) is 19.9. The molecule has 0 saturated heterocycles. The van der Waals surface area contributed by atoms with E-state index in [1.807, 2.05) is 37.3 Å². The Bertz CT molecular complexity index is 1130. The van der Waals surface area contributed by atoms with Gasteiger partial charge in [-0.15, -0.1) is 10.2 Å². The van der Waals surface area contributed by atoms with E-state index in [1.165, 1.54) is 17.8 Å². The van der Waals surface area contributed by atoms with Gasteiger partial charge in [0.25, 0.3) is 5.22 Å². The van der Waals surface area contributed by atoms with Gasteiger partial charge in [0.1, 0.15) is 11.0 Å². The molecule has 0 aliphatic carbocycles. The molecule has 0 unspecified atom stereocenters. The van der Waals surface area contributed by atoms with Crippen molar-refractivity contribution in [3.63, 3.8) is 0 Å². The van der Waals surface area contributed by atoms with E-state index in [0.717, 1.165) is 16.9 Å². The van der Waals surface area contributed by atoms with Crippen LogP contribution >= 0.6 is 35.0 Å². The minimum absolute atomic E-state index is 0.130. The third-order valence-electron chi connectivity index (χ3n) is 4.30. The summed E-state index contributed by atoms with van der Waals surface area (Å²) in [5.74, 6) is 0.405. The summed E-state index contributed by atoms with van der Waals surface area (Å²) in [4.78, 5) is 0. The molecule has 2 aromatic heterocycles. The second-order valence-corrected chi connectivity index (χ2v) is 7.92. The smallest absolute Gasteiger partial charge is 0.276 e. The second kappa shape index (κ2) is 8.57. The molecule has 0 spiro atoms. The summed E-state index contributed by atoms with van der Waals surface area (Å²) < 4.78 is 21.3. The quantitative estimate of drug-likeness (QED) is 0.344. The van der Waals surface area contributed by atoms with Gasteiger partial charge in [-0.25, -0.2) is 9.07 Å². The summed E-state index contributed by atoms with van der Waals surface area (Å²) in [6, 6.07) is 14.2. The maximum Gasteiger partial charge on any atom is 0.276 e. The predicted octanol–water partition coefficient (Wildman–Crippen LogP) is 5.89. The van der Waals surface area contributed by atoms with E-state index in [-0.39, 0.29) is 6.42 Å². The normalized spacial score (nSPS) is 11.2. The van der Waals surface area contributed by atoms with Crippen LogP contribution in [0.25, 0.3) is 5.69 Å². The average Bonchev–Trinajstić information content (AvgIpc) is 3.28. The minimum atomic E-state index is -0.402. The molecule has 0 atom stereocenters. The van der Waals surface area contributed by atoms with Gasteiger partial charge in [-0.3, -0.25) is 0 Å². The number of hydrogen-bond donors (Lipinski definition) is 0. The number of benzene rings is 2. The van der Waals surface area contributed by atoms with Crippen LogP contribution < -0.4 is 0 Å². The van der Waals surface area contributed by atoms with Crippen molar-refractivity contribution in [1.82, 2.24) is 20.0 Å². The van der Waals surface area contributed by atoms with E-state index in [9.17, 15) is 4.39 Å². The van der Waals surface area contributed by atoms with Crippen molar-refractivity contribution in [3.8, 4) is 5.69 Å². The van der Waals surface area contributed by atoms with Gasteiger partial charge in [0.2, 0.25) is 5.89 Å². The Morgan fingerprint density at radius 2 is 1.83 bits per heavy atom.